The standard InChI is InChI=1S/C20H18N6O2/c1-3-25-15-7-5-4-6-13(15)14-10-12(8-9-16(14)25)18-17(19(27)28)11(2)21-20-22-23-24-26(18)20/h4-10,17-18H,3H2,1-2H3,(H,27,28). The summed E-state index contributed by atoms with van der Waals surface area (Å²) in [6.45, 7) is 4.69. The molecule has 28 heavy (non-hydrogen) atoms. The Morgan fingerprint density at radius 1 is 1.14 bits per heavy atom. The fourth-order valence-corrected chi connectivity index (χ4v) is 4.28. The third kappa shape index (κ3) is 2.20. The molecule has 0 spiro atoms. The molecule has 140 valence electrons. The molecule has 3 heterocycles. The van der Waals surface area contributed by atoms with Gasteiger partial charge in [-0.2, -0.15) is 0 Å². The van der Waals surface area contributed by atoms with Crippen molar-refractivity contribution in [1.82, 2.24) is 24.8 Å². The Balaban J connectivity index is 1.78. The highest BCUT2D eigenvalue weighted by Crippen LogP contribution is 2.37. The first-order chi connectivity index (χ1) is 13.6. The maximum Gasteiger partial charge on any atom is 0.314 e. The van der Waals surface area contributed by atoms with Crippen LogP contribution in [0.1, 0.15) is 25.5 Å². The van der Waals surface area contributed by atoms with Crippen LogP contribution in [0.3, 0.4) is 0 Å². The third-order valence-electron chi connectivity index (χ3n) is 5.50. The summed E-state index contributed by atoms with van der Waals surface area (Å²) in [5.74, 6) is -1.44. The van der Waals surface area contributed by atoms with Gasteiger partial charge in [-0.15, -0.1) is 0 Å². The molecule has 0 saturated carbocycles. The van der Waals surface area contributed by atoms with Gasteiger partial charge in [-0.05, 0) is 48.0 Å². The normalized spacial score (nSPS) is 19.0. The van der Waals surface area contributed by atoms with Crippen LogP contribution in [-0.2, 0) is 11.3 Å². The molecule has 0 fully saturated rings. The zero-order valence-corrected chi connectivity index (χ0v) is 15.4. The molecule has 1 aliphatic heterocycles. The SMILES string of the molecule is CCn1c2ccccc2c2cc(C3C(C(=O)O)C(C)=Nc4nnnn43)ccc21. The topological polar surface area (TPSA) is 98.2 Å². The molecule has 2 unspecified atom stereocenters. The molecule has 5 rings (SSSR count). The number of nitrogens with zero attached hydrogens (tertiary/aromatic N) is 6. The lowest BCUT2D eigenvalue weighted by molar-refractivity contribution is -0.140. The molecule has 2 aromatic carbocycles. The maximum atomic E-state index is 12.0. The number of aryl methyl sites for hydroxylation is 1. The number of hydrogen-bond acceptors (Lipinski definition) is 5. The summed E-state index contributed by atoms with van der Waals surface area (Å²) in [6, 6.07) is 13.8. The van der Waals surface area contributed by atoms with Crippen molar-refractivity contribution < 1.29 is 9.90 Å². The van der Waals surface area contributed by atoms with Crippen LogP contribution in [0.15, 0.2) is 47.5 Å². The summed E-state index contributed by atoms with van der Waals surface area (Å²) in [5, 5.41) is 23.7. The van der Waals surface area contributed by atoms with Gasteiger partial charge in [0.25, 0.3) is 5.95 Å². The first-order valence-corrected chi connectivity index (χ1v) is 9.17. The van der Waals surface area contributed by atoms with Gasteiger partial charge in [-0.3, -0.25) is 4.79 Å². The number of carbonyl (C=O) groups is 1. The minimum absolute atomic E-state index is 0.330. The van der Waals surface area contributed by atoms with Crippen molar-refractivity contribution in [2.45, 2.75) is 26.4 Å². The van der Waals surface area contributed by atoms with Crippen LogP contribution < -0.4 is 0 Å². The van der Waals surface area contributed by atoms with Crippen molar-refractivity contribution in [3.8, 4) is 0 Å². The number of hydrogen-bond donors (Lipinski definition) is 1. The van der Waals surface area contributed by atoms with E-state index in [2.05, 4.69) is 56.3 Å². The molecule has 2 aromatic heterocycles. The number of carboxylic acids is 1. The molecule has 0 amide bonds. The lowest BCUT2D eigenvalue weighted by atomic mass is 9.88. The van der Waals surface area contributed by atoms with Crippen molar-refractivity contribution in [3.63, 3.8) is 0 Å². The van der Waals surface area contributed by atoms with Gasteiger partial charge in [0.2, 0.25) is 0 Å². The summed E-state index contributed by atoms with van der Waals surface area (Å²) in [7, 11) is 0. The van der Waals surface area contributed by atoms with E-state index in [1.54, 1.807) is 6.92 Å². The summed E-state index contributed by atoms with van der Waals surface area (Å²) in [4.78, 5) is 16.3. The van der Waals surface area contributed by atoms with Crippen LogP contribution in [0.25, 0.3) is 21.8 Å². The Bertz CT molecular complexity index is 1270. The molecule has 0 saturated heterocycles. The van der Waals surface area contributed by atoms with Crippen LogP contribution in [0.4, 0.5) is 5.95 Å². The lowest BCUT2D eigenvalue weighted by Crippen LogP contribution is -2.35. The van der Waals surface area contributed by atoms with E-state index in [0.717, 1.165) is 33.9 Å². The smallest absolute Gasteiger partial charge is 0.314 e. The number of rotatable bonds is 3. The fraction of sp³-hybridized carbons (Fsp3) is 0.250. The highest BCUT2D eigenvalue weighted by atomic mass is 16.4. The van der Waals surface area contributed by atoms with Crippen LogP contribution in [-0.4, -0.2) is 41.6 Å². The molecule has 8 nitrogen and oxygen atoms in total. The Labute approximate surface area is 160 Å². The van der Waals surface area contributed by atoms with Gasteiger partial charge < -0.3 is 9.67 Å². The van der Waals surface area contributed by atoms with E-state index in [1.807, 2.05) is 18.2 Å². The van der Waals surface area contributed by atoms with Crippen molar-refractivity contribution >= 4 is 39.4 Å². The van der Waals surface area contributed by atoms with E-state index in [-0.39, 0.29) is 0 Å². The van der Waals surface area contributed by atoms with E-state index in [9.17, 15) is 9.90 Å². The molecule has 1 N–H and O–H groups in total. The number of para-hydroxylation sites is 1. The highest BCUT2D eigenvalue weighted by Gasteiger charge is 2.39. The van der Waals surface area contributed by atoms with Gasteiger partial charge in [-0.1, -0.05) is 29.4 Å². The zero-order valence-electron chi connectivity index (χ0n) is 15.4. The van der Waals surface area contributed by atoms with Crippen molar-refractivity contribution in [3.05, 3.63) is 48.0 Å². The number of aliphatic imine (C=N–C) groups is 1. The van der Waals surface area contributed by atoms with E-state index in [1.165, 1.54) is 4.68 Å². The van der Waals surface area contributed by atoms with Crippen molar-refractivity contribution in [1.29, 1.82) is 0 Å². The minimum Gasteiger partial charge on any atom is -0.481 e. The first kappa shape index (κ1) is 16.6. The molecule has 8 heteroatoms. The molecular weight excluding hydrogens is 356 g/mol. The molecule has 4 aromatic rings. The fourth-order valence-electron chi connectivity index (χ4n) is 4.28. The Kier molecular flexibility index (Phi) is 3.55. The van der Waals surface area contributed by atoms with Gasteiger partial charge in [0.05, 0.1) is 0 Å². The van der Waals surface area contributed by atoms with E-state index in [0.29, 0.717) is 11.7 Å². The zero-order chi connectivity index (χ0) is 19.4. The minimum atomic E-state index is -0.941. The van der Waals surface area contributed by atoms with Gasteiger partial charge in [-0.25, -0.2) is 9.67 Å². The number of aliphatic carboxylic acids is 1. The quantitative estimate of drug-likeness (QED) is 0.594. The first-order valence-electron chi connectivity index (χ1n) is 9.17. The van der Waals surface area contributed by atoms with Gasteiger partial charge >= 0.3 is 5.97 Å². The molecule has 0 bridgehead atoms. The Hall–Kier alpha value is -3.55. The predicted octanol–water partition coefficient (Wildman–Crippen LogP) is 3.20. The summed E-state index contributed by atoms with van der Waals surface area (Å²) >= 11 is 0. The van der Waals surface area contributed by atoms with E-state index >= 15 is 0 Å². The third-order valence-corrected chi connectivity index (χ3v) is 5.50. The second kappa shape index (κ2) is 5.98. The number of tetrazole rings is 1. The number of benzene rings is 2. The average Bonchev–Trinajstić information content (AvgIpc) is 3.28. The van der Waals surface area contributed by atoms with Crippen LogP contribution in [0.5, 0.6) is 0 Å². The average molecular weight is 374 g/mol. The van der Waals surface area contributed by atoms with Gasteiger partial charge in [0.15, 0.2) is 0 Å². The molecule has 1 aliphatic rings. The van der Waals surface area contributed by atoms with Crippen LogP contribution in [0, 0.1) is 5.92 Å². The second-order valence-corrected chi connectivity index (χ2v) is 6.98. The van der Waals surface area contributed by atoms with Crippen LogP contribution >= 0.6 is 0 Å². The summed E-state index contributed by atoms with van der Waals surface area (Å²) in [6.07, 6.45) is 0. The lowest BCUT2D eigenvalue weighted by Gasteiger charge is -2.27. The van der Waals surface area contributed by atoms with E-state index < -0.39 is 17.9 Å². The Morgan fingerprint density at radius 2 is 1.93 bits per heavy atom. The molecule has 0 radical (unpaired) electrons. The van der Waals surface area contributed by atoms with Crippen LogP contribution in [0.2, 0.25) is 0 Å². The molecule has 0 aliphatic carbocycles. The second-order valence-electron chi connectivity index (χ2n) is 6.98. The highest BCUT2D eigenvalue weighted by molar-refractivity contribution is 6.08. The van der Waals surface area contributed by atoms with Crippen molar-refractivity contribution in [2.24, 2.45) is 10.9 Å². The number of fused-ring (bicyclic) bond motifs is 4. The predicted molar refractivity (Wildman–Crippen MR) is 105 cm³/mol. The van der Waals surface area contributed by atoms with Crippen molar-refractivity contribution in [2.75, 3.05) is 0 Å². The van der Waals surface area contributed by atoms with Gasteiger partial charge in [0.1, 0.15) is 12.0 Å². The molecular formula is C20H18N6O2. The number of aromatic nitrogens is 5. The summed E-state index contributed by atoms with van der Waals surface area (Å²) in [5.41, 5.74) is 3.63. The number of carboxylic acid groups (broad SMARTS) is 1. The Morgan fingerprint density at radius 3 is 2.71 bits per heavy atom. The monoisotopic (exact) mass is 374 g/mol. The summed E-state index contributed by atoms with van der Waals surface area (Å²) < 4.78 is 3.77. The van der Waals surface area contributed by atoms with E-state index in [4.69, 9.17) is 0 Å². The molecule has 2 atom stereocenters. The largest absolute Gasteiger partial charge is 0.481 e. The maximum absolute atomic E-state index is 12.0. The van der Waals surface area contributed by atoms with Gasteiger partial charge in [0, 0.05) is 34.1 Å².